The summed E-state index contributed by atoms with van der Waals surface area (Å²) in [7, 11) is 2.11. The van der Waals surface area contributed by atoms with Gasteiger partial charge in [-0.25, -0.2) is 8.97 Å². The Morgan fingerprint density at radius 1 is 1.05 bits per heavy atom. The molecule has 1 aromatic carbocycles. The standard InChI is InChI=1S/C17H19N2/c1-12-9-13(2)14(3)15(10-12)17-16-7-5-6-8-19(16)11-18(17)4/h5-11H,1-4H3/q+1. The number of nitrogens with zero attached hydrogens (tertiary/aromatic N) is 2. The van der Waals surface area contributed by atoms with Gasteiger partial charge in [0.15, 0.2) is 11.2 Å². The number of hydrogen-bond acceptors (Lipinski definition) is 0. The summed E-state index contributed by atoms with van der Waals surface area (Å²) in [6.45, 7) is 6.55. The zero-order chi connectivity index (χ0) is 13.6. The van der Waals surface area contributed by atoms with E-state index in [2.05, 4.69) is 79.6 Å². The second-order valence-corrected chi connectivity index (χ2v) is 5.32. The summed E-state index contributed by atoms with van der Waals surface area (Å²) < 4.78 is 4.38. The number of benzene rings is 1. The molecule has 0 aliphatic rings. The van der Waals surface area contributed by atoms with E-state index in [1.807, 2.05) is 0 Å². The zero-order valence-electron chi connectivity index (χ0n) is 11.9. The Kier molecular flexibility index (Phi) is 2.67. The Morgan fingerprint density at radius 2 is 1.84 bits per heavy atom. The number of imidazole rings is 1. The van der Waals surface area contributed by atoms with E-state index in [4.69, 9.17) is 0 Å². The molecule has 0 spiro atoms. The van der Waals surface area contributed by atoms with Crippen LogP contribution in [0.4, 0.5) is 0 Å². The molecule has 0 aliphatic heterocycles. The van der Waals surface area contributed by atoms with Crippen molar-refractivity contribution in [3.05, 3.63) is 59.5 Å². The summed E-state index contributed by atoms with van der Waals surface area (Å²) in [6.07, 6.45) is 4.22. The van der Waals surface area contributed by atoms with Gasteiger partial charge < -0.3 is 0 Å². The fourth-order valence-electron chi connectivity index (χ4n) is 2.80. The highest BCUT2D eigenvalue weighted by molar-refractivity contribution is 5.77. The summed E-state index contributed by atoms with van der Waals surface area (Å²) in [5.41, 5.74) is 7.88. The molecule has 0 aliphatic carbocycles. The van der Waals surface area contributed by atoms with E-state index < -0.39 is 0 Å². The van der Waals surface area contributed by atoms with Gasteiger partial charge in [-0.3, -0.25) is 0 Å². The first-order valence-corrected chi connectivity index (χ1v) is 6.61. The quantitative estimate of drug-likeness (QED) is 0.586. The van der Waals surface area contributed by atoms with Gasteiger partial charge in [0.25, 0.3) is 0 Å². The van der Waals surface area contributed by atoms with E-state index in [0.717, 1.165) is 0 Å². The van der Waals surface area contributed by atoms with Crippen molar-refractivity contribution in [1.82, 2.24) is 4.40 Å². The Balaban J connectivity index is 2.39. The average Bonchev–Trinajstić information content (AvgIpc) is 2.70. The van der Waals surface area contributed by atoms with Gasteiger partial charge in [0.2, 0.25) is 6.33 Å². The van der Waals surface area contributed by atoms with Gasteiger partial charge in [0, 0.05) is 5.56 Å². The van der Waals surface area contributed by atoms with Crippen LogP contribution < -0.4 is 4.57 Å². The van der Waals surface area contributed by atoms with E-state index in [1.54, 1.807) is 0 Å². The third kappa shape index (κ3) is 1.84. The van der Waals surface area contributed by atoms with Crippen LogP contribution in [0.5, 0.6) is 0 Å². The fraction of sp³-hybridized carbons (Fsp3) is 0.235. The number of fused-ring (bicyclic) bond motifs is 1. The molecule has 2 nitrogen and oxygen atoms in total. The highest BCUT2D eigenvalue weighted by Gasteiger charge is 2.19. The largest absolute Gasteiger partial charge is 0.249 e. The molecule has 3 rings (SSSR count). The minimum Gasteiger partial charge on any atom is -0.232 e. The number of rotatable bonds is 1. The molecule has 0 radical (unpaired) electrons. The molecule has 0 amide bonds. The lowest BCUT2D eigenvalue weighted by Gasteiger charge is -2.08. The zero-order valence-corrected chi connectivity index (χ0v) is 11.9. The molecular formula is C17H19N2+. The maximum Gasteiger partial charge on any atom is 0.249 e. The normalized spacial score (nSPS) is 11.2. The predicted molar refractivity (Wildman–Crippen MR) is 78.2 cm³/mol. The van der Waals surface area contributed by atoms with Crippen LogP contribution in [-0.2, 0) is 7.05 Å². The molecule has 2 heteroatoms. The van der Waals surface area contributed by atoms with Crippen molar-refractivity contribution in [1.29, 1.82) is 0 Å². The highest BCUT2D eigenvalue weighted by Crippen LogP contribution is 2.28. The van der Waals surface area contributed by atoms with Gasteiger partial charge in [0.1, 0.15) is 0 Å². The summed E-state index contributed by atoms with van der Waals surface area (Å²) in [4.78, 5) is 0. The van der Waals surface area contributed by atoms with Crippen molar-refractivity contribution < 1.29 is 4.57 Å². The Morgan fingerprint density at radius 3 is 2.63 bits per heavy atom. The van der Waals surface area contributed by atoms with Crippen LogP contribution in [0.3, 0.4) is 0 Å². The van der Waals surface area contributed by atoms with Crippen LogP contribution in [0.2, 0.25) is 0 Å². The first-order valence-electron chi connectivity index (χ1n) is 6.61. The lowest BCUT2D eigenvalue weighted by Crippen LogP contribution is -2.27. The fourth-order valence-corrected chi connectivity index (χ4v) is 2.80. The molecule has 0 saturated heterocycles. The Hall–Kier alpha value is -2.09. The SMILES string of the molecule is Cc1cc(C)c(C)c(-c2c3ccccn3c[n+]2C)c1. The second-order valence-electron chi connectivity index (χ2n) is 5.32. The first kappa shape index (κ1) is 12.0. The van der Waals surface area contributed by atoms with Crippen molar-refractivity contribution in [3.8, 4) is 11.3 Å². The van der Waals surface area contributed by atoms with E-state index >= 15 is 0 Å². The minimum absolute atomic E-state index is 1.25. The molecule has 0 atom stereocenters. The molecule has 96 valence electrons. The van der Waals surface area contributed by atoms with E-state index in [1.165, 1.54) is 33.5 Å². The first-order chi connectivity index (χ1) is 9.08. The topological polar surface area (TPSA) is 8.29 Å². The molecule has 0 saturated carbocycles. The average molecular weight is 251 g/mol. The summed E-state index contributed by atoms with van der Waals surface area (Å²) in [5, 5.41) is 0. The molecule has 3 aromatic rings. The molecule has 2 heterocycles. The third-order valence-electron chi connectivity index (χ3n) is 3.85. The molecule has 0 bridgehead atoms. The predicted octanol–water partition coefficient (Wildman–Crippen LogP) is 3.36. The number of pyridine rings is 1. The van der Waals surface area contributed by atoms with Crippen LogP contribution in [0.25, 0.3) is 16.8 Å². The molecule has 0 unspecified atom stereocenters. The maximum absolute atomic E-state index is 2.28. The Bertz CT molecular complexity index is 766. The maximum atomic E-state index is 2.28. The Labute approximate surface area is 113 Å². The van der Waals surface area contributed by atoms with Gasteiger partial charge >= 0.3 is 0 Å². The van der Waals surface area contributed by atoms with Crippen LogP contribution in [0, 0.1) is 20.8 Å². The van der Waals surface area contributed by atoms with Crippen molar-refractivity contribution in [3.63, 3.8) is 0 Å². The molecular weight excluding hydrogens is 232 g/mol. The number of hydrogen-bond donors (Lipinski definition) is 0. The molecule has 19 heavy (non-hydrogen) atoms. The van der Waals surface area contributed by atoms with Crippen molar-refractivity contribution in [2.45, 2.75) is 20.8 Å². The minimum atomic E-state index is 1.25. The van der Waals surface area contributed by atoms with Gasteiger partial charge in [-0.15, -0.1) is 0 Å². The van der Waals surface area contributed by atoms with Gasteiger partial charge in [-0.2, -0.15) is 0 Å². The second kappa shape index (κ2) is 4.23. The van der Waals surface area contributed by atoms with Crippen LogP contribution in [-0.4, -0.2) is 4.40 Å². The van der Waals surface area contributed by atoms with Crippen molar-refractivity contribution >= 4 is 5.52 Å². The van der Waals surface area contributed by atoms with Gasteiger partial charge in [-0.1, -0.05) is 17.7 Å². The summed E-state index contributed by atoms with van der Waals surface area (Å²) in [6, 6.07) is 10.9. The lowest BCUT2D eigenvalue weighted by molar-refractivity contribution is -0.659. The summed E-state index contributed by atoms with van der Waals surface area (Å²) in [5.74, 6) is 0. The van der Waals surface area contributed by atoms with E-state index in [0.29, 0.717) is 0 Å². The monoisotopic (exact) mass is 251 g/mol. The smallest absolute Gasteiger partial charge is 0.232 e. The molecule has 0 N–H and O–H groups in total. The van der Waals surface area contributed by atoms with E-state index in [9.17, 15) is 0 Å². The number of aromatic nitrogens is 2. The molecule has 2 aromatic heterocycles. The number of aryl methyl sites for hydroxylation is 3. The molecule has 0 fully saturated rings. The van der Waals surface area contributed by atoms with Gasteiger partial charge in [-0.05, 0) is 50.1 Å². The van der Waals surface area contributed by atoms with Crippen LogP contribution >= 0.6 is 0 Å². The third-order valence-corrected chi connectivity index (χ3v) is 3.85. The van der Waals surface area contributed by atoms with Gasteiger partial charge in [0.05, 0.1) is 13.2 Å². The summed E-state index contributed by atoms with van der Waals surface area (Å²) >= 11 is 0. The van der Waals surface area contributed by atoms with E-state index in [-0.39, 0.29) is 0 Å². The lowest BCUT2D eigenvalue weighted by atomic mass is 9.97. The van der Waals surface area contributed by atoms with Crippen LogP contribution in [0.15, 0.2) is 42.9 Å². The van der Waals surface area contributed by atoms with Crippen LogP contribution in [0.1, 0.15) is 16.7 Å². The highest BCUT2D eigenvalue weighted by atomic mass is 15.1. The van der Waals surface area contributed by atoms with Crippen molar-refractivity contribution in [2.75, 3.05) is 0 Å². The van der Waals surface area contributed by atoms with Crippen molar-refractivity contribution in [2.24, 2.45) is 7.05 Å².